The van der Waals surface area contributed by atoms with E-state index < -0.39 is 0 Å². The van der Waals surface area contributed by atoms with E-state index >= 15 is 0 Å². The predicted molar refractivity (Wildman–Crippen MR) is 109 cm³/mol. The van der Waals surface area contributed by atoms with Crippen molar-refractivity contribution in [2.24, 2.45) is 0 Å². The summed E-state index contributed by atoms with van der Waals surface area (Å²) in [4.78, 5) is 14.3. The maximum atomic E-state index is 12.8. The Morgan fingerprint density at radius 2 is 1.67 bits per heavy atom. The Hall–Kier alpha value is -2.77. The summed E-state index contributed by atoms with van der Waals surface area (Å²) in [6, 6.07) is 10.4. The summed E-state index contributed by atoms with van der Waals surface area (Å²) < 4.78 is 15.7. The number of hydrogen-bond donors (Lipinski definition) is 1. The van der Waals surface area contributed by atoms with Gasteiger partial charge in [0.2, 0.25) is 0 Å². The highest BCUT2D eigenvalue weighted by atomic mass is 35.5. The molecular weight excluding hydrogens is 388 g/mol. The lowest BCUT2D eigenvalue weighted by Gasteiger charge is -2.14. The molecule has 0 aromatic heterocycles. The van der Waals surface area contributed by atoms with Crippen LogP contribution in [0, 0.1) is 0 Å². The molecule has 1 saturated heterocycles. The summed E-state index contributed by atoms with van der Waals surface area (Å²) in [6.45, 7) is 0. The normalized spacial score (nSPS) is 15.1. The van der Waals surface area contributed by atoms with E-state index in [1.54, 1.807) is 49.6 Å². The quantitative estimate of drug-likeness (QED) is 0.606. The summed E-state index contributed by atoms with van der Waals surface area (Å²) in [5.74, 6) is 1.42. The number of nitrogens with zero attached hydrogens (tertiary/aromatic N) is 1. The molecule has 0 bridgehead atoms. The highest BCUT2D eigenvalue weighted by Gasteiger charge is 2.32. The molecule has 6 nitrogen and oxygen atoms in total. The van der Waals surface area contributed by atoms with Crippen LogP contribution in [0.15, 0.2) is 42.1 Å². The Balaban J connectivity index is 1.94. The van der Waals surface area contributed by atoms with Gasteiger partial charge in [0.05, 0.1) is 32.0 Å². The van der Waals surface area contributed by atoms with E-state index in [9.17, 15) is 4.79 Å². The van der Waals surface area contributed by atoms with Crippen molar-refractivity contribution in [2.45, 2.75) is 0 Å². The number of benzene rings is 2. The van der Waals surface area contributed by atoms with Gasteiger partial charge in [0.15, 0.2) is 16.6 Å². The number of amides is 1. The van der Waals surface area contributed by atoms with Gasteiger partial charge in [-0.15, -0.1) is 0 Å². The van der Waals surface area contributed by atoms with E-state index in [1.807, 2.05) is 0 Å². The van der Waals surface area contributed by atoms with E-state index in [2.05, 4.69) is 5.32 Å². The number of carbonyl (C=O) groups excluding carboxylic acids is 1. The number of halogens is 1. The molecule has 8 heteroatoms. The molecule has 27 heavy (non-hydrogen) atoms. The fourth-order valence-electron chi connectivity index (χ4n) is 2.64. The Kier molecular flexibility index (Phi) is 5.53. The maximum Gasteiger partial charge on any atom is 0.281 e. The standard InChI is InChI=1S/C19H17ClN2O4S/c1-24-13-6-4-12(5-7-13)22-18(23)15(21-19(22)27)8-11-9-16(25-2)17(26-3)10-14(11)20/h4-10H,1-3H3,(H,21,27). The van der Waals surface area contributed by atoms with Crippen LogP contribution in [0.25, 0.3) is 6.08 Å². The van der Waals surface area contributed by atoms with Crippen molar-refractivity contribution < 1.29 is 19.0 Å². The second-order valence-corrected chi connectivity index (χ2v) is 6.35. The SMILES string of the molecule is COc1ccc(N2C(=O)C(=Cc3cc(OC)c(OC)cc3Cl)NC2=S)cc1. The lowest BCUT2D eigenvalue weighted by molar-refractivity contribution is -0.113. The van der Waals surface area contributed by atoms with Crippen molar-refractivity contribution in [1.82, 2.24) is 5.32 Å². The fraction of sp³-hybridized carbons (Fsp3) is 0.158. The second-order valence-electron chi connectivity index (χ2n) is 5.56. The number of methoxy groups -OCH3 is 3. The van der Waals surface area contributed by atoms with E-state index in [0.29, 0.717) is 39.2 Å². The Bertz CT molecular complexity index is 928. The molecule has 1 amide bonds. The largest absolute Gasteiger partial charge is 0.497 e. The topological polar surface area (TPSA) is 60.0 Å². The molecule has 1 fully saturated rings. The third-order valence-corrected chi connectivity index (χ3v) is 4.62. The third-order valence-electron chi connectivity index (χ3n) is 4.01. The molecule has 0 radical (unpaired) electrons. The zero-order valence-electron chi connectivity index (χ0n) is 14.9. The first-order valence-electron chi connectivity index (χ1n) is 7.91. The van der Waals surface area contributed by atoms with Crippen molar-refractivity contribution >= 4 is 46.6 Å². The highest BCUT2D eigenvalue weighted by Crippen LogP contribution is 2.34. The average molecular weight is 405 g/mol. The lowest BCUT2D eigenvalue weighted by atomic mass is 10.1. The number of carbonyl (C=O) groups is 1. The molecule has 1 heterocycles. The van der Waals surface area contributed by atoms with Gasteiger partial charge in [0.1, 0.15) is 11.4 Å². The number of nitrogens with one attached hydrogen (secondary N) is 1. The second kappa shape index (κ2) is 7.85. The van der Waals surface area contributed by atoms with Gasteiger partial charge in [0.25, 0.3) is 5.91 Å². The smallest absolute Gasteiger partial charge is 0.281 e. The van der Waals surface area contributed by atoms with Gasteiger partial charge < -0.3 is 19.5 Å². The van der Waals surface area contributed by atoms with Crippen molar-refractivity contribution in [3.8, 4) is 17.2 Å². The average Bonchev–Trinajstić information content (AvgIpc) is 2.96. The van der Waals surface area contributed by atoms with Crippen molar-refractivity contribution in [2.75, 3.05) is 26.2 Å². The molecule has 1 N–H and O–H groups in total. The predicted octanol–water partition coefficient (Wildman–Crippen LogP) is 3.63. The van der Waals surface area contributed by atoms with Crippen LogP contribution in [0.5, 0.6) is 17.2 Å². The number of hydrogen-bond acceptors (Lipinski definition) is 5. The highest BCUT2D eigenvalue weighted by molar-refractivity contribution is 7.80. The van der Waals surface area contributed by atoms with Crippen LogP contribution >= 0.6 is 23.8 Å². The zero-order valence-corrected chi connectivity index (χ0v) is 16.5. The molecule has 140 valence electrons. The minimum atomic E-state index is -0.281. The molecular formula is C19H17ClN2O4S. The van der Waals surface area contributed by atoms with Crippen LogP contribution in [-0.2, 0) is 4.79 Å². The van der Waals surface area contributed by atoms with Gasteiger partial charge in [-0.3, -0.25) is 9.69 Å². The van der Waals surface area contributed by atoms with Gasteiger partial charge >= 0.3 is 0 Å². The van der Waals surface area contributed by atoms with E-state index in [0.717, 1.165) is 0 Å². The number of anilines is 1. The Morgan fingerprint density at radius 3 is 2.26 bits per heavy atom. The Labute approximate surface area is 167 Å². The number of rotatable bonds is 5. The summed E-state index contributed by atoms with van der Waals surface area (Å²) in [5.41, 5.74) is 1.55. The summed E-state index contributed by atoms with van der Waals surface area (Å²) in [7, 11) is 4.64. The van der Waals surface area contributed by atoms with Crippen molar-refractivity contribution in [3.05, 3.63) is 52.7 Å². The zero-order chi connectivity index (χ0) is 19.6. The monoisotopic (exact) mass is 404 g/mol. The molecule has 0 atom stereocenters. The fourth-order valence-corrected chi connectivity index (χ4v) is 3.14. The number of thiocarbonyl (C=S) groups is 1. The van der Waals surface area contributed by atoms with Crippen molar-refractivity contribution in [3.63, 3.8) is 0 Å². The lowest BCUT2D eigenvalue weighted by Crippen LogP contribution is -2.30. The Morgan fingerprint density at radius 1 is 1.04 bits per heavy atom. The minimum Gasteiger partial charge on any atom is -0.497 e. The van der Waals surface area contributed by atoms with Gasteiger partial charge in [-0.1, -0.05) is 11.6 Å². The molecule has 0 saturated carbocycles. The number of ether oxygens (including phenoxy) is 3. The molecule has 2 aromatic rings. The molecule has 1 aliphatic rings. The van der Waals surface area contributed by atoms with Gasteiger partial charge in [-0.2, -0.15) is 0 Å². The van der Waals surface area contributed by atoms with Crippen LogP contribution in [0.1, 0.15) is 5.56 Å². The van der Waals surface area contributed by atoms with E-state index in [4.69, 9.17) is 38.0 Å². The minimum absolute atomic E-state index is 0.281. The van der Waals surface area contributed by atoms with Crippen LogP contribution in [0.4, 0.5) is 5.69 Å². The first-order valence-corrected chi connectivity index (χ1v) is 8.69. The first-order chi connectivity index (χ1) is 13.0. The molecule has 3 rings (SSSR count). The summed E-state index contributed by atoms with van der Waals surface area (Å²) in [6.07, 6.45) is 1.63. The van der Waals surface area contributed by atoms with Crippen LogP contribution in [-0.4, -0.2) is 32.3 Å². The molecule has 0 aliphatic carbocycles. The molecule has 0 unspecified atom stereocenters. The van der Waals surface area contributed by atoms with Crippen LogP contribution < -0.4 is 24.4 Å². The third kappa shape index (κ3) is 3.70. The van der Waals surface area contributed by atoms with Crippen LogP contribution in [0.3, 0.4) is 0 Å². The van der Waals surface area contributed by atoms with E-state index in [-0.39, 0.29) is 11.0 Å². The van der Waals surface area contributed by atoms with Gasteiger partial charge in [-0.25, -0.2) is 0 Å². The molecule has 2 aromatic carbocycles. The van der Waals surface area contributed by atoms with Gasteiger partial charge in [0, 0.05) is 6.07 Å². The van der Waals surface area contributed by atoms with Crippen LogP contribution in [0.2, 0.25) is 5.02 Å². The summed E-state index contributed by atoms with van der Waals surface area (Å²) >= 11 is 11.6. The van der Waals surface area contributed by atoms with Crippen molar-refractivity contribution in [1.29, 1.82) is 0 Å². The first kappa shape index (κ1) is 19.0. The molecule has 0 spiro atoms. The van der Waals surface area contributed by atoms with Gasteiger partial charge in [-0.05, 0) is 54.2 Å². The van der Waals surface area contributed by atoms with E-state index in [1.165, 1.54) is 19.1 Å². The molecule has 1 aliphatic heterocycles. The summed E-state index contributed by atoms with van der Waals surface area (Å²) in [5, 5.41) is 3.63. The maximum absolute atomic E-state index is 12.8.